The maximum absolute atomic E-state index is 8.96. The molecule has 1 atom stereocenters. The molecule has 5 nitrogen and oxygen atoms in total. The predicted octanol–water partition coefficient (Wildman–Crippen LogP) is 1.64. The van der Waals surface area contributed by atoms with E-state index in [1.165, 1.54) is 0 Å². The molecule has 0 rings (SSSR count). The summed E-state index contributed by atoms with van der Waals surface area (Å²) in [5, 5.41) is 8.96. The van der Waals surface area contributed by atoms with E-state index in [0.717, 1.165) is 12.5 Å². The summed E-state index contributed by atoms with van der Waals surface area (Å²) >= 11 is 0. The fourth-order valence-electron chi connectivity index (χ4n) is 1.61. The minimum Gasteiger partial charge on any atom is -0.391 e. The average Bonchev–Trinajstić information content (AvgIpc) is 2.29. The molecule has 0 saturated carbocycles. The van der Waals surface area contributed by atoms with Gasteiger partial charge in [-0.3, -0.25) is 0 Å². The first-order chi connectivity index (χ1) is 8.60. The van der Waals surface area contributed by atoms with Gasteiger partial charge < -0.3 is 23.1 Å². The van der Waals surface area contributed by atoms with Crippen LogP contribution < -0.4 is 0 Å². The first-order valence-electron chi connectivity index (χ1n) is 6.61. The standard InChI is InChI=1S/C12H27O5Si/c1-5-15-18(16-6-2,17-7-3)10-8-9-14-11-12(4)13/h12-13H,4-11H2,1-3H3. The summed E-state index contributed by atoms with van der Waals surface area (Å²) in [4.78, 5) is 0. The number of aliphatic hydroxyl groups is 1. The smallest absolute Gasteiger partial charge is 0.391 e. The molecule has 0 aliphatic heterocycles. The van der Waals surface area contributed by atoms with Crippen molar-refractivity contribution in [1.82, 2.24) is 0 Å². The summed E-state index contributed by atoms with van der Waals surface area (Å²) in [6.07, 6.45) is 0.122. The first kappa shape index (κ1) is 18.0. The van der Waals surface area contributed by atoms with E-state index in [1.54, 1.807) is 0 Å². The Labute approximate surface area is 112 Å². The fourth-order valence-corrected chi connectivity index (χ4v) is 4.19. The quantitative estimate of drug-likeness (QED) is 0.435. The van der Waals surface area contributed by atoms with Crippen LogP contribution in [0.15, 0.2) is 0 Å². The van der Waals surface area contributed by atoms with Crippen LogP contribution in [0.5, 0.6) is 0 Å². The van der Waals surface area contributed by atoms with E-state index >= 15 is 0 Å². The predicted molar refractivity (Wildman–Crippen MR) is 72.2 cm³/mol. The van der Waals surface area contributed by atoms with Crippen LogP contribution in [0.2, 0.25) is 6.04 Å². The van der Waals surface area contributed by atoms with E-state index in [1.807, 2.05) is 20.8 Å². The molecule has 6 heteroatoms. The van der Waals surface area contributed by atoms with Crippen LogP contribution in [0.4, 0.5) is 0 Å². The van der Waals surface area contributed by atoms with Crippen molar-refractivity contribution in [3.63, 3.8) is 0 Å². The monoisotopic (exact) mass is 279 g/mol. The Morgan fingerprint density at radius 3 is 1.94 bits per heavy atom. The Balaban J connectivity index is 4.04. The Bertz CT molecular complexity index is 172. The number of hydrogen-bond acceptors (Lipinski definition) is 5. The number of hydrogen-bond donors (Lipinski definition) is 1. The molecule has 0 saturated heterocycles. The van der Waals surface area contributed by atoms with Crippen molar-refractivity contribution in [3.05, 3.63) is 6.92 Å². The maximum atomic E-state index is 8.96. The molecule has 0 spiro atoms. The Morgan fingerprint density at radius 1 is 1.06 bits per heavy atom. The summed E-state index contributed by atoms with van der Waals surface area (Å²) in [5.74, 6) is 0. The van der Waals surface area contributed by atoms with E-state index in [2.05, 4.69) is 6.92 Å². The van der Waals surface area contributed by atoms with Gasteiger partial charge in [0.25, 0.3) is 0 Å². The van der Waals surface area contributed by atoms with Crippen LogP contribution in [0.3, 0.4) is 0 Å². The van der Waals surface area contributed by atoms with Gasteiger partial charge in [0.05, 0.1) is 12.7 Å². The molecule has 1 N–H and O–H groups in total. The summed E-state index contributed by atoms with van der Waals surface area (Å²) in [6.45, 7) is 11.8. The lowest BCUT2D eigenvalue weighted by atomic mass is 10.4. The molecule has 0 amide bonds. The van der Waals surface area contributed by atoms with Gasteiger partial charge in [0.2, 0.25) is 0 Å². The first-order valence-corrected chi connectivity index (χ1v) is 8.54. The zero-order chi connectivity index (χ0) is 13.9. The van der Waals surface area contributed by atoms with Gasteiger partial charge in [0.15, 0.2) is 0 Å². The van der Waals surface area contributed by atoms with Crippen LogP contribution in [0.25, 0.3) is 0 Å². The molecule has 0 aromatic heterocycles. The number of ether oxygens (including phenoxy) is 1. The van der Waals surface area contributed by atoms with Crippen molar-refractivity contribution in [3.8, 4) is 0 Å². The highest BCUT2D eigenvalue weighted by molar-refractivity contribution is 6.60. The van der Waals surface area contributed by atoms with Crippen molar-refractivity contribution < 1.29 is 23.1 Å². The molecule has 0 bridgehead atoms. The van der Waals surface area contributed by atoms with E-state index in [-0.39, 0.29) is 6.61 Å². The highest BCUT2D eigenvalue weighted by Gasteiger charge is 2.39. The van der Waals surface area contributed by atoms with Crippen molar-refractivity contribution in [2.75, 3.05) is 33.0 Å². The number of aliphatic hydroxyl groups excluding tert-OH is 1. The molecule has 1 radical (unpaired) electrons. The third kappa shape index (κ3) is 8.18. The van der Waals surface area contributed by atoms with Gasteiger partial charge in [-0.15, -0.1) is 0 Å². The Kier molecular flexibility index (Phi) is 10.9. The van der Waals surface area contributed by atoms with Crippen LogP contribution in [0, 0.1) is 6.92 Å². The summed E-state index contributed by atoms with van der Waals surface area (Å²) in [6, 6.07) is 0.732. The third-order valence-electron chi connectivity index (χ3n) is 2.17. The van der Waals surface area contributed by atoms with Crippen molar-refractivity contribution in [1.29, 1.82) is 0 Å². The van der Waals surface area contributed by atoms with Crippen LogP contribution in [0.1, 0.15) is 27.2 Å². The molecule has 0 aromatic rings. The molecule has 1 unspecified atom stereocenters. The van der Waals surface area contributed by atoms with Gasteiger partial charge in [-0.25, -0.2) is 0 Å². The summed E-state index contributed by atoms with van der Waals surface area (Å²) in [7, 11) is -2.53. The Hall–Kier alpha value is 0.0169. The molecular weight excluding hydrogens is 252 g/mol. The lowest BCUT2D eigenvalue weighted by molar-refractivity contribution is 0.0489. The molecular formula is C12H27O5Si. The Morgan fingerprint density at radius 2 is 1.56 bits per heavy atom. The van der Waals surface area contributed by atoms with Gasteiger partial charge in [0, 0.05) is 32.5 Å². The molecule has 0 heterocycles. The minimum atomic E-state index is -2.53. The van der Waals surface area contributed by atoms with Crippen LogP contribution in [-0.2, 0) is 18.0 Å². The fraction of sp³-hybridized carbons (Fsp3) is 0.917. The maximum Gasteiger partial charge on any atom is 0.501 e. The van der Waals surface area contributed by atoms with Crippen LogP contribution in [-0.4, -0.2) is 53.0 Å². The SMILES string of the molecule is [CH2]C(O)COCCC[Si](OCC)(OCC)OCC. The van der Waals surface area contributed by atoms with Crippen LogP contribution >= 0.6 is 0 Å². The second-order valence-corrected chi connectivity index (χ2v) is 6.55. The highest BCUT2D eigenvalue weighted by atomic mass is 28.4. The third-order valence-corrected chi connectivity index (χ3v) is 5.33. The normalized spacial score (nSPS) is 13.8. The van der Waals surface area contributed by atoms with E-state index in [9.17, 15) is 0 Å². The van der Waals surface area contributed by atoms with Gasteiger partial charge in [0.1, 0.15) is 0 Å². The summed E-state index contributed by atoms with van der Waals surface area (Å²) in [5.41, 5.74) is 0. The lowest BCUT2D eigenvalue weighted by Crippen LogP contribution is -2.46. The highest BCUT2D eigenvalue weighted by Crippen LogP contribution is 2.18. The average molecular weight is 279 g/mol. The molecule has 0 aliphatic rings. The zero-order valence-electron chi connectivity index (χ0n) is 11.8. The second kappa shape index (κ2) is 10.9. The largest absolute Gasteiger partial charge is 0.501 e. The molecule has 109 valence electrons. The zero-order valence-corrected chi connectivity index (χ0v) is 12.8. The van der Waals surface area contributed by atoms with Gasteiger partial charge in [-0.1, -0.05) is 0 Å². The molecule has 0 fully saturated rings. The molecule has 0 aliphatic carbocycles. The summed E-state index contributed by atoms with van der Waals surface area (Å²) < 4.78 is 22.4. The van der Waals surface area contributed by atoms with E-state index in [0.29, 0.717) is 26.4 Å². The molecule has 18 heavy (non-hydrogen) atoms. The lowest BCUT2D eigenvalue weighted by Gasteiger charge is -2.28. The number of rotatable bonds is 12. The van der Waals surface area contributed by atoms with Crippen molar-refractivity contribution >= 4 is 8.80 Å². The van der Waals surface area contributed by atoms with Crippen molar-refractivity contribution in [2.45, 2.75) is 39.3 Å². The van der Waals surface area contributed by atoms with E-state index in [4.69, 9.17) is 23.1 Å². The molecule has 0 aromatic carbocycles. The van der Waals surface area contributed by atoms with Gasteiger partial charge in [-0.2, -0.15) is 0 Å². The topological polar surface area (TPSA) is 57.2 Å². The van der Waals surface area contributed by atoms with E-state index < -0.39 is 14.9 Å². The minimum absolute atomic E-state index is 0.256. The second-order valence-electron chi connectivity index (χ2n) is 3.81. The van der Waals surface area contributed by atoms with Gasteiger partial charge in [-0.05, 0) is 34.1 Å². The van der Waals surface area contributed by atoms with Crippen molar-refractivity contribution in [2.24, 2.45) is 0 Å². The van der Waals surface area contributed by atoms with Gasteiger partial charge >= 0.3 is 8.80 Å².